The fourth-order valence-electron chi connectivity index (χ4n) is 2.55. The highest BCUT2D eigenvalue weighted by molar-refractivity contribution is 5.94. The number of rotatable bonds is 4. The standard InChI is InChI=1S/C17H22N2O2/c1-18(2)10-9-14-12-19(3)17-13(6-5-11-20)7-8-15(21-4)16(14)17/h7-8,12,20H,9-11H2,1-4H3. The molecule has 0 aliphatic heterocycles. The lowest BCUT2D eigenvalue weighted by molar-refractivity contribution is 0.350. The maximum Gasteiger partial charge on any atom is 0.128 e. The van der Waals surface area contributed by atoms with Gasteiger partial charge in [-0.1, -0.05) is 11.8 Å². The summed E-state index contributed by atoms with van der Waals surface area (Å²) in [6, 6.07) is 3.89. The molecule has 0 amide bonds. The van der Waals surface area contributed by atoms with Crippen LogP contribution in [0.25, 0.3) is 10.9 Å². The van der Waals surface area contributed by atoms with Crippen molar-refractivity contribution < 1.29 is 9.84 Å². The fourth-order valence-corrected chi connectivity index (χ4v) is 2.55. The second-order valence-electron chi connectivity index (χ2n) is 5.32. The lowest BCUT2D eigenvalue weighted by Crippen LogP contribution is -2.14. The predicted molar refractivity (Wildman–Crippen MR) is 85.7 cm³/mol. The highest BCUT2D eigenvalue weighted by atomic mass is 16.5. The first-order chi connectivity index (χ1) is 10.1. The number of aliphatic hydroxyl groups excluding tert-OH is 1. The van der Waals surface area contributed by atoms with Crippen LogP contribution in [0.3, 0.4) is 0 Å². The monoisotopic (exact) mass is 286 g/mol. The van der Waals surface area contributed by atoms with Gasteiger partial charge in [0, 0.05) is 30.7 Å². The molecule has 1 aromatic heterocycles. The van der Waals surface area contributed by atoms with Crippen molar-refractivity contribution in [2.45, 2.75) is 6.42 Å². The lowest BCUT2D eigenvalue weighted by Gasteiger charge is -2.10. The molecule has 1 N–H and O–H groups in total. The SMILES string of the molecule is COc1ccc(C#CCO)c2c1c(CCN(C)C)cn2C. The zero-order chi connectivity index (χ0) is 15.4. The van der Waals surface area contributed by atoms with Crippen molar-refractivity contribution in [2.24, 2.45) is 7.05 Å². The van der Waals surface area contributed by atoms with Crippen molar-refractivity contribution in [3.05, 3.63) is 29.5 Å². The molecule has 4 heteroatoms. The number of ether oxygens (including phenoxy) is 1. The van der Waals surface area contributed by atoms with Crippen LogP contribution in [0, 0.1) is 11.8 Å². The van der Waals surface area contributed by atoms with E-state index in [1.54, 1.807) is 7.11 Å². The second kappa shape index (κ2) is 6.66. The molecule has 0 bridgehead atoms. The first-order valence-corrected chi connectivity index (χ1v) is 6.97. The van der Waals surface area contributed by atoms with E-state index in [4.69, 9.17) is 9.84 Å². The Kier molecular flexibility index (Phi) is 4.89. The molecular weight excluding hydrogens is 264 g/mol. The minimum Gasteiger partial charge on any atom is -0.496 e. The molecule has 2 aromatic rings. The van der Waals surface area contributed by atoms with Crippen LogP contribution in [0.5, 0.6) is 5.75 Å². The van der Waals surface area contributed by atoms with Crippen molar-refractivity contribution in [1.29, 1.82) is 0 Å². The van der Waals surface area contributed by atoms with Gasteiger partial charge in [-0.15, -0.1) is 0 Å². The molecule has 21 heavy (non-hydrogen) atoms. The van der Waals surface area contributed by atoms with Crippen molar-refractivity contribution >= 4 is 10.9 Å². The number of likely N-dealkylation sites (N-methyl/N-ethyl adjacent to an activating group) is 1. The summed E-state index contributed by atoms with van der Waals surface area (Å²) in [6.07, 6.45) is 3.10. The van der Waals surface area contributed by atoms with Gasteiger partial charge in [-0.2, -0.15) is 0 Å². The lowest BCUT2D eigenvalue weighted by atomic mass is 10.1. The number of methoxy groups -OCH3 is 1. The zero-order valence-electron chi connectivity index (χ0n) is 13.1. The van der Waals surface area contributed by atoms with Crippen LogP contribution < -0.4 is 4.74 Å². The minimum absolute atomic E-state index is 0.134. The first-order valence-electron chi connectivity index (χ1n) is 6.97. The summed E-state index contributed by atoms with van der Waals surface area (Å²) in [6.45, 7) is 0.847. The quantitative estimate of drug-likeness (QED) is 0.868. The largest absolute Gasteiger partial charge is 0.496 e. The van der Waals surface area contributed by atoms with Crippen LogP contribution in [-0.2, 0) is 13.5 Å². The molecular formula is C17H22N2O2. The molecule has 0 radical (unpaired) electrons. The van der Waals surface area contributed by atoms with E-state index in [0.29, 0.717) is 0 Å². The number of fused-ring (bicyclic) bond motifs is 1. The minimum atomic E-state index is -0.134. The molecule has 0 aliphatic rings. The van der Waals surface area contributed by atoms with Crippen molar-refractivity contribution in [1.82, 2.24) is 9.47 Å². The number of hydrogen-bond acceptors (Lipinski definition) is 3. The molecule has 1 aromatic carbocycles. The Morgan fingerprint density at radius 3 is 2.71 bits per heavy atom. The van der Waals surface area contributed by atoms with Gasteiger partial charge in [0.05, 0.1) is 12.6 Å². The van der Waals surface area contributed by atoms with Gasteiger partial charge in [-0.05, 0) is 38.2 Å². The summed E-state index contributed by atoms with van der Waals surface area (Å²) in [5.41, 5.74) is 3.23. The molecule has 1 heterocycles. The Morgan fingerprint density at radius 2 is 2.10 bits per heavy atom. The second-order valence-corrected chi connectivity index (χ2v) is 5.32. The van der Waals surface area contributed by atoms with Crippen LogP contribution in [0.1, 0.15) is 11.1 Å². The van der Waals surface area contributed by atoms with Crippen molar-refractivity contribution in [3.8, 4) is 17.6 Å². The Balaban J connectivity index is 2.61. The summed E-state index contributed by atoms with van der Waals surface area (Å²) in [5.74, 6) is 6.61. The van der Waals surface area contributed by atoms with Crippen LogP contribution in [0.2, 0.25) is 0 Å². The molecule has 0 spiro atoms. The first kappa shape index (κ1) is 15.4. The summed E-state index contributed by atoms with van der Waals surface area (Å²) in [5, 5.41) is 10.0. The molecule has 0 saturated heterocycles. The van der Waals surface area contributed by atoms with Crippen LogP contribution in [0.15, 0.2) is 18.3 Å². The zero-order valence-corrected chi connectivity index (χ0v) is 13.1. The number of aromatic nitrogens is 1. The van der Waals surface area contributed by atoms with Gasteiger partial charge in [-0.3, -0.25) is 0 Å². The van der Waals surface area contributed by atoms with Gasteiger partial charge in [0.1, 0.15) is 12.4 Å². The van der Waals surface area contributed by atoms with E-state index in [9.17, 15) is 0 Å². The smallest absolute Gasteiger partial charge is 0.128 e. The van der Waals surface area contributed by atoms with Gasteiger partial charge < -0.3 is 19.3 Å². The van der Waals surface area contributed by atoms with E-state index in [1.807, 2.05) is 19.2 Å². The third-order valence-corrected chi connectivity index (χ3v) is 3.51. The Bertz CT molecular complexity index is 690. The van der Waals surface area contributed by atoms with Crippen molar-refractivity contribution in [2.75, 3.05) is 34.4 Å². The molecule has 0 atom stereocenters. The maximum absolute atomic E-state index is 8.91. The molecule has 112 valence electrons. The Labute approximate surface area is 125 Å². The van der Waals surface area contributed by atoms with Gasteiger partial charge in [0.25, 0.3) is 0 Å². The van der Waals surface area contributed by atoms with E-state index in [2.05, 4.69) is 41.6 Å². The summed E-state index contributed by atoms with van der Waals surface area (Å²) in [4.78, 5) is 2.17. The van der Waals surface area contributed by atoms with E-state index >= 15 is 0 Å². The van der Waals surface area contributed by atoms with Crippen LogP contribution in [0.4, 0.5) is 0 Å². The highest BCUT2D eigenvalue weighted by Gasteiger charge is 2.14. The van der Waals surface area contributed by atoms with E-state index < -0.39 is 0 Å². The number of hydrogen-bond donors (Lipinski definition) is 1. The molecule has 0 saturated carbocycles. The van der Waals surface area contributed by atoms with E-state index in [1.165, 1.54) is 5.56 Å². The molecule has 2 rings (SSSR count). The normalized spacial score (nSPS) is 10.8. The molecule has 4 nitrogen and oxygen atoms in total. The average molecular weight is 286 g/mol. The van der Waals surface area contributed by atoms with E-state index in [-0.39, 0.29) is 6.61 Å². The molecule has 0 fully saturated rings. The summed E-state index contributed by atoms with van der Waals surface area (Å²) >= 11 is 0. The van der Waals surface area contributed by atoms with Gasteiger partial charge in [0.2, 0.25) is 0 Å². The number of aliphatic hydroxyl groups is 1. The van der Waals surface area contributed by atoms with Gasteiger partial charge in [-0.25, -0.2) is 0 Å². The number of benzene rings is 1. The van der Waals surface area contributed by atoms with Gasteiger partial charge >= 0.3 is 0 Å². The highest BCUT2D eigenvalue weighted by Crippen LogP contribution is 2.32. The number of nitrogens with zero attached hydrogens (tertiary/aromatic N) is 2. The Hall–Kier alpha value is -1.96. The third kappa shape index (κ3) is 3.21. The summed E-state index contributed by atoms with van der Waals surface area (Å²) in [7, 11) is 7.85. The third-order valence-electron chi connectivity index (χ3n) is 3.51. The van der Waals surface area contributed by atoms with Gasteiger partial charge in [0.15, 0.2) is 0 Å². The topological polar surface area (TPSA) is 37.6 Å². The van der Waals surface area contributed by atoms with Crippen LogP contribution >= 0.6 is 0 Å². The number of aryl methyl sites for hydroxylation is 1. The summed E-state index contributed by atoms with van der Waals surface area (Å²) < 4.78 is 7.61. The molecule has 0 unspecified atom stereocenters. The van der Waals surface area contributed by atoms with Crippen molar-refractivity contribution in [3.63, 3.8) is 0 Å². The van der Waals surface area contributed by atoms with Crippen LogP contribution in [-0.4, -0.2) is 48.9 Å². The average Bonchev–Trinajstić information content (AvgIpc) is 2.80. The molecule has 0 aliphatic carbocycles. The fraction of sp³-hybridized carbons (Fsp3) is 0.412. The van der Waals surface area contributed by atoms with E-state index in [0.717, 1.165) is 35.2 Å². The maximum atomic E-state index is 8.91. The predicted octanol–water partition coefficient (Wildman–Crippen LogP) is 1.63. The Morgan fingerprint density at radius 1 is 1.33 bits per heavy atom.